The minimum atomic E-state index is 0.0325. The molecule has 7 aromatic rings. The molecule has 6 nitrogen and oxygen atoms in total. The van der Waals surface area contributed by atoms with Crippen LogP contribution >= 0.6 is 0 Å². The maximum atomic E-state index is 5.47. The lowest BCUT2D eigenvalue weighted by Crippen LogP contribution is -2.10. The molecule has 2 aliphatic rings. The summed E-state index contributed by atoms with van der Waals surface area (Å²) in [5.74, 6) is 0. The SMILES string of the molecule is CC(C)(C)c1ccc(-c2c3nc(c(-c4ccc(C(C)(C)C)cc4)c4ccc([nH]4)c(-c4ccncc4)c4nc(c(-c5ccncc5)c5ccc2[nH]5)C=C4)C=C3)cc1. The molecule has 0 spiro atoms. The van der Waals surface area contributed by atoms with E-state index in [0.717, 1.165) is 89.4 Å². The van der Waals surface area contributed by atoms with Crippen LogP contribution in [0.1, 0.15) is 75.4 Å². The second-order valence-corrected chi connectivity index (χ2v) is 16.6. The van der Waals surface area contributed by atoms with Gasteiger partial charge in [0.05, 0.1) is 22.8 Å². The molecule has 0 unspecified atom stereocenters. The Morgan fingerprint density at radius 3 is 0.875 bits per heavy atom. The molecule has 0 amide bonds. The number of hydrogen-bond acceptors (Lipinski definition) is 4. The van der Waals surface area contributed by atoms with Crippen molar-refractivity contribution >= 4 is 46.4 Å². The highest BCUT2D eigenvalue weighted by atomic mass is 14.8. The third kappa shape index (κ3) is 6.47. The summed E-state index contributed by atoms with van der Waals surface area (Å²) in [7, 11) is 0. The monoisotopic (exact) mass is 728 g/mol. The molecule has 8 bridgehead atoms. The maximum Gasteiger partial charge on any atom is 0.0737 e. The van der Waals surface area contributed by atoms with Crippen molar-refractivity contribution in [3.8, 4) is 44.5 Å². The first kappa shape index (κ1) is 35.1. The molecular formula is C50H44N6. The van der Waals surface area contributed by atoms with E-state index in [1.165, 1.54) is 11.1 Å². The summed E-state index contributed by atoms with van der Waals surface area (Å²) < 4.78 is 0. The highest BCUT2D eigenvalue weighted by Crippen LogP contribution is 2.39. The van der Waals surface area contributed by atoms with E-state index in [2.05, 4.69) is 159 Å². The zero-order chi connectivity index (χ0) is 38.6. The molecule has 6 heteroatoms. The lowest BCUT2D eigenvalue weighted by Gasteiger charge is -2.19. The number of fused-ring (bicyclic) bond motifs is 8. The Kier molecular flexibility index (Phi) is 8.50. The van der Waals surface area contributed by atoms with Gasteiger partial charge in [0.2, 0.25) is 0 Å². The third-order valence-corrected chi connectivity index (χ3v) is 10.8. The van der Waals surface area contributed by atoms with Gasteiger partial charge in [-0.25, -0.2) is 9.97 Å². The summed E-state index contributed by atoms with van der Waals surface area (Å²) in [5.41, 5.74) is 18.3. The van der Waals surface area contributed by atoms with Crippen molar-refractivity contribution in [3.05, 3.63) is 156 Å². The number of rotatable bonds is 4. The number of benzene rings is 2. The molecule has 7 heterocycles. The fraction of sp³-hybridized carbons (Fsp3) is 0.160. The molecule has 0 aliphatic carbocycles. The Morgan fingerprint density at radius 1 is 0.339 bits per heavy atom. The quantitative estimate of drug-likeness (QED) is 0.189. The fourth-order valence-corrected chi connectivity index (χ4v) is 7.73. The molecule has 2 N–H and O–H groups in total. The van der Waals surface area contributed by atoms with E-state index in [1.807, 2.05) is 49.1 Å². The van der Waals surface area contributed by atoms with E-state index in [-0.39, 0.29) is 10.8 Å². The fourth-order valence-electron chi connectivity index (χ4n) is 7.73. The van der Waals surface area contributed by atoms with Crippen LogP contribution in [-0.2, 0) is 10.8 Å². The number of aromatic nitrogens is 6. The summed E-state index contributed by atoms with van der Waals surface area (Å²) in [6.45, 7) is 13.5. The van der Waals surface area contributed by atoms with E-state index in [0.29, 0.717) is 0 Å². The van der Waals surface area contributed by atoms with Crippen molar-refractivity contribution in [3.63, 3.8) is 0 Å². The van der Waals surface area contributed by atoms with E-state index in [4.69, 9.17) is 9.97 Å². The Labute approximate surface area is 327 Å². The molecule has 2 aliphatic heterocycles. The van der Waals surface area contributed by atoms with Crippen LogP contribution < -0.4 is 0 Å². The topological polar surface area (TPSA) is 83.1 Å². The van der Waals surface area contributed by atoms with Gasteiger partial charge in [-0.05, 0) is 117 Å². The predicted molar refractivity (Wildman–Crippen MR) is 234 cm³/mol. The van der Waals surface area contributed by atoms with E-state index < -0.39 is 0 Å². The summed E-state index contributed by atoms with van der Waals surface area (Å²) in [4.78, 5) is 27.2. The summed E-state index contributed by atoms with van der Waals surface area (Å²) in [6.07, 6.45) is 15.9. The number of pyridine rings is 2. The first-order chi connectivity index (χ1) is 27.0. The zero-order valence-electron chi connectivity index (χ0n) is 32.6. The first-order valence-corrected chi connectivity index (χ1v) is 19.2. The average molecular weight is 729 g/mol. The number of hydrogen-bond donors (Lipinski definition) is 2. The van der Waals surface area contributed by atoms with Crippen molar-refractivity contribution in [1.29, 1.82) is 0 Å². The normalized spacial score (nSPS) is 12.7. The van der Waals surface area contributed by atoms with Gasteiger partial charge in [0.1, 0.15) is 0 Å². The van der Waals surface area contributed by atoms with Crippen LogP contribution in [0.5, 0.6) is 0 Å². The van der Waals surface area contributed by atoms with Gasteiger partial charge in [-0.3, -0.25) is 9.97 Å². The minimum absolute atomic E-state index is 0.0325. The number of aromatic amines is 2. The third-order valence-electron chi connectivity index (χ3n) is 10.8. The van der Waals surface area contributed by atoms with E-state index >= 15 is 0 Å². The summed E-state index contributed by atoms with van der Waals surface area (Å²) >= 11 is 0. The second kappa shape index (κ2) is 13.6. The first-order valence-electron chi connectivity index (χ1n) is 19.2. The van der Waals surface area contributed by atoms with Crippen LogP contribution in [0.2, 0.25) is 0 Å². The molecule has 0 atom stereocenters. The Bertz CT molecular complexity index is 2630. The standard InChI is InChI=1S/C50H44N6/c1-49(2,3)35-11-7-31(8-12-35)45-37-15-16-38(53-37)46(32-9-13-36(14-10-32)50(4,5)6)40-18-20-42(55-40)48(34-25-29-52-30-26-34)44-22-21-43(56-44)47(33-23-27-51-28-24-33)41-19-17-39(45)54-41/h7-30,54-55H,1-6H3. The maximum absolute atomic E-state index is 5.47. The van der Waals surface area contributed by atoms with Gasteiger partial charge >= 0.3 is 0 Å². The van der Waals surface area contributed by atoms with E-state index in [1.54, 1.807) is 0 Å². The van der Waals surface area contributed by atoms with Gasteiger partial charge in [-0.15, -0.1) is 0 Å². The zero-order valence-corrected chi connectivity index (χ0v) is 32.6. The Hall–Kier alpha value is -6.66. The summed E-state index contributed by atoms with van der Waals surface area (Å²) in [6, 6.07) is 34.7. The van der Waals surface area contributed by atoms with Crippen LogP contribution in [0.3, 0.4) is 0 Å². The smallest absolute Gasteiger partial charge is 0.0737 e. The molecule has 2 aromatic carbocycles. The highest BCUT2D eigenvalue weighted by molar-refractivity contribution is 5.99. The number of nitrogens with zero attached hydrogens (tertiary/aromatic N) is 4. The van der Waals surface area contributed by atoms with Crippen LogP contribution in [0, 0.1) is 0 Å². The van der Waals surface area contributed by atoms with Gasteiger partial charge in [0.25, 0.3) is 0 Å². The minimum Gasteiger partial charge on any atom is -0.354 e. The average Bonchev–Trinajstić information content (AvgIpc) is 4.03. The molecule has 0 saturated heterocycles. The van der Waals surface area contributed by atoms with E-state index in [9.17, 15) is 0 Å². The molecule has 0 saturated carbocycles. The molecule has 274 valence electrons. The van der Waals surface area contributed by atoms with Gasteiger partial charge < -0.3 is 9.97 Å². The second-order valence-electron chi connectivity index (χ2n) is 16.6. The van der Waals surface area contributed by atoms with Crippen molar-refractivity contribution in [2.24, 2.45) is 0 Å². The molecular weight excluding hydrogens is 685 g/mol. The van der Waals surface area contributed by atoms with Crippen molar-refractivity contribution in [1.82, 2.24) is 29.9 Å². The molecule has 56 heavy (non-hydrogen) atoms. The van der Waals surface area contributed by atoms with Gasteiger partial charge in [0.15, 0.2) is 0 Å². The van der Waals surface area contributed by atoms with Gasteiger partial charge in [-0.2, -0.15) is 0 Å². The lowest BCUT2D eigenvalue weighted by atomic mass is 9.86. The number of nitrogens with one attached hydrogen (secondary N) is 2. The highest BCUT2D eigenvalue weighted by Gasteiger charge is 2.21. The van der Waals surface area contributed by atoms with Gasteiger partial charge in [-0.1, -0.05) is 90.1 Å². The van der Waals surface area contributed by atoms with Crippen LogP contribution in [0.4, 0.5) is 0 Å². The Morgan fingerprint density at radius 2 is 0.607 bits per heavy atom. The van der Waals surface area contributed by atoms with Crippen LogP contribution in [-0.4, -0.2) is 29.9 Å². The lowest BCUT2D eigenvalue weighted by molar-refractivity contribution is 0.590. The van der Waals surface area contributed by atoms with Crippen molar-refractivity contribution < 1.29 is 0 Å². The summed E-state index contributed by atoms with van der Waals surface area (Å²) in [5, 5.41) is 0. The Balaban J connectivity index is 1.43. The van der Waals surface area contributed by atoms with Crippen molar-refractivity contribution in [2.45, 2.75) is 52.4 Å². The number of H-pyrrole nitrogens is 2. The predicted octanol–water partition coefficient (Wildman–Crippen LogP) is 12.7. The van der Waals surface area contributed by atoms with Crippen molar-refractivity contribution in [2.75, 3.05) is 0 Å². The molecule has 0 radical (unpaired) electrons. The van der Waals surface area contributed by atoms with Gasteiger partial charge in [0, 0.05) is 69.1 Å². The molecule has 9 rings (SSSR count). The molecule has 0 fully saturated rings. The largest absolute Gasteiger partial charge is 0.354 e. The van der Waals surface area contributed by atoms with Crippen LogP contribution in [0.25, 0.3) is 90.9 Å². The van der Waals surface area contributed by atoms with Crippen LogP contribution in [0.15, 0.2) is 122 Å². The molecule has 5 aromatic heterocycles.